The number of nitrogens with zero attached hydrogens (tertiary/aromatic N) is 2. The summed E-state index contributed by atoms with van der Waals surface area (Å²) in [5.41, 5.74) is 0.937. The van der Waals surface area contributed by atoms with Crippen LogP contribution in [0.25, 0.3) is 0 Å². The van der Waals surface area contributed by atoms with Crippen LogP contribution in [-0.2, 0) is 11.3 Å². The second-order valence-corrected chi connectivity index (χ2v) is 7.36. The normalized spacial score (nSPS) is 11.7. The van der Waals surface area contributed by atoms with Gasteiger partial charge in [0.2, 0.25) is 11.0 Å². The summed E-state index contributed by atoms with van der Waals surface area (Å²) in [6, 6.07) is 5.56. The van der Waals surface area contributed by atoms with Gasteiger partial charge in [0, 0.05) is 13.6 Å². The minimum atomic E-state index is -0.261. The molecule has 1 amide bonds. The van der Waals surface area contributed by atoms with Crippen LogP contribution in [0.2, 0.25) is 0 Å². The van der Waals surface area contributed by atoms with Gasteiger partial charge in [0.25, 0.3) is 0 Å². The van der Waals surface area contributed by atoms with Gasteiger partial charge < -0.3 is 20.1 Å². The van der Waals surface area contributed by atoms with Gasteiger partial charge in [-0.25, -0.2) is 0 Å². The number of methoxy groups -OCH3 is 2. The van der Waals surface area contributed by atoms with Crippen molar-refractivity contribution in [2.24, 2.45) is 0 Å². The maximum atomic E-state index is 12.2. The van der Waals surface area contributed by atoms with Crippen molar-refractivity contribution >= 4 is 34.1 Å². The van der Waals surface area contributed by atoms with Crippen LogP contribution in [0.4, 0.5) is 5.13 Å². The lowest BCUT2D eigenvalue weighted by Gasteiger charge is -2.12. The zero-order chi connectivity index (χ0) is 17.5. The predicted molar refractivity (Wildman–Crippen MR) is 96.2 cm³/mol. The molecule has 130 valence electrons. The molecule has 0 saturated heterocycles. The van der Waals surface area contributed by atoms with Gasteiger partial charge >= 0.3 is 0 Å². The van der Waals surface area contributed by atoms with Crippen LogP contribution in [0, 0.1) is 0 Å². The minimum Gasteiger partial charge on any atom is -0.493 e. The smallest absolute Gasteiger partial charge is 0.233 e. The van der Waals surface area contributed by atoms with Gasteiger partial charge in [-0.1, -0.05) is 29.2 Å². The fraction of sp³-hybridized carbons (Fsp3) is 0.400. The van der Waals surface area contributed by atoms with E-state index in [1.165, 1.54) is 23.1 Å². The highest BCUT2D eigenvalue weighted by Crippen LogP contribution is 2.29. The van der Waals surface area contributed by atoms with Crippen molar-refractivity contribution in [2.45, 2.75) is 23.1 Å². The Morgan fingerprint density at radius 1 is 1.29 bits per heavy atom. The number of benzene rings is 1. The lowest BCUT2D eigenvalue weighted by Crippen LogP contribution is -2.30. The summed E-state index contributed by atoms with van der Waals surface area (Å²) in [5.74, 6) is 1.24. The number of hydrogen-bond donors (Lipinski definition) is 2. The largest absolute Gasteiger partial charge is 0.493 e. The molecule has 0 radical (unpaired) electrons. The molecule has 0 unspecified atom stereocenters. The number of amides is 1. The molecule has 0 saturated carbocycles. The van der Waals surface area contributed by atoms with E-state index < -0.39 is 0 Å². The number of anilines is 1. The Balaban J connectivity index is 1.90. The predicted octanol–water partition coefficient (Wildman–Crippen LogP) is 2.39. The number of ether oxygens (including phenoxy) is 2. The number of aromatic nitrogens is 2. The molecule has 1 aromatic carbocycles. The van der Waals surface area contributed by atoms with Crippen molar-refractivity contribution in [3.05, 3.63) is 23.8 Å². The first-order valence-corrected chi connectivity index (χ1v) is 8.93. The second kappa shape index (κ2) is 8.74. The first-order valence-electron chi connectivity index (χ1n) is 7.24. The molecule has 0 aliphatic rings. The first kappa shape index (κ1) is 18.3. The fourth-order valence-electron chi connectivity index (χ4n) is 1.89. The molecule has 2 rings (SSSR count). The Hall–Kier alpha value is -2.00. The lowest BCUT2D eigenvalue weighted by atomic mass is 10.2. The van der Waals surface area contributed by atoms with E-state index in [0.29, 0.717) is 18.0 Å². The van der Waals surface area contributed by atoms with Crippen molar-refractivity contribution in [1.29, 1.82) is 0 Å². The van der Waals surface area contributed by atoms with Crippen molar-refractivity contribution in [3.63, 3.8) is 0 Å². The molecule has 2 N–H and O–H groups in total. The molecule has 0 fully saturated rings. The van der Waals surface area contributed by atoms with Crippen molar-refractivity contribution < 1.29 is 14.3 Å². The summed E-state index contributed by atoms with van der Waals surface area (Å²) in [6.07, 6.45) is 0. The number of rotatable bonds is 8. The van der Waals surface area contributed by atoms with E-state index >= 15 is 0 Å². The molecule has 0 aliphatic carbocycles. The molecule has 1 heterocycles. The standard InChI is InChI=1S/C15H20N4O3S2/c1-9(23-15-19-18-14(16-2)24-15)13(20)17-8-10-5-6-11(21-3)12(7-10)22-4/h5-7,9H,8H2,1-4H3,(H,16,18)(H,17,20)/t9-/m0/s1. The first-order chi connectivity index (χ1) is 11.6. The summed E-state index contributed by atoms with van der Waals surface area (Å²) in [6.45, 7) is 2.26. The fourth-order valence-corrected chi connectivity index (χ4v) is 3.76. The molecular weight excluding hydrogens is 348 g/mol. The monoisotopic (exact) mass is 368 g/mol. The quantitative estimate of drug-likeness (QED) is 0.692. The van der Waals surface area contributed by atoms with E-state index in [2.05, 4.69) is 20.8 Å². The summed E-state index contributed by atoms with van der Waals surface area (Å²) in [5, 5.41) is 14.3. The van der Waals surface area contributed by atoms with E-state index in [-0.39, 0.29) is 11.2 Å². The molecule has 1 atom stereocenters. The van der Waals surface area contributed by atoms with Crippen LogP contribution in [0.1, 0.15) is 12.5 Å². The molecule has 0 aliphatic heterocycles. The zero-order valence-electron chi connectivity index (χ0n) is 14.0. The van der Waals surface area contributed by atoms with Gasteiger partial charge in [0.05, 0.1) is 19.5 Å². The lowest BCUT2D eigenvalue weighted by molar-refractivity contribution is -0.120. The van der Waals surface area contributed by atoms with Crippen LogP contribution in [0.15, 0.2) is 22.5 Å². The number of carbonyl (C=O) groups excluding carboxylic acids is 1. The third kappa shape index (κ3) is 4.75. The van der Waals surface area contributed by atoms with Gasteiger partial charge in [-0.15, -0.1) is 10.2 Å². The van der Waals surface area contributed by atoms with E-state index in [9.17, 15) is 4.79 Å². The maximum absolute atomic E-state index is 12.2. The Morgan fingerprint density at radius 2 is 2.04 bits per heavy atom. The maximum Gasteiger partial charge on any atom is 0.233 e. The Kier molecular flexibility index (Phi) is 6.68. The van der Waals surface area contributed by atoms with Gasteiger partial charge in [-0.2, -0.15) is 0 Å². The molecule has 0 bridgehead atoms. The summed E-state index contributed by atoms with van der Waals surface area (Å²) in [4.78, 5) is 12.2. The summed E-state index contributed by atoms with van der Waals surface area (Å²) < 4.78 is 11.2. The molecule has 0 spiro atoms. The summed E-state index contributed by atoms with van der Waals surface area (Å²) in [7, 11) is 4.96. The average molecular weight is 368 g/mol. The van der Waals surface area contributed by atoms with Crippen molar-refractivity contribution in [1.82, 2.24) is 15.5 Å². The number of hydrogen-bond acceptors (Lipinski definition) is 8. The number of thioether (sulfide) groups is 1. The Bertz CT molecular complexity index is 693. The average Bonchev–Trinajstić information content (AvgIpc) is 3.06. The topological polar surface area (TPSA) is 85.4 Å². The van der Waals surface area contributed by atoms with Crippen LogP contribution in [0.5, 0.6) is 11.5 Å². The van der Waals surface area contributed by atoms with Gasteiger partial charge in [0.15, 0.2) is 15.8 Å². The third-order valence-electron chi connectivity index (χ3n) is 3.18. The van der Waals surface area contributed by atoms with Crippen LogP contribution in [0.3, 0.4) is 0 Å². The van der Waals surface area contributed by atoms with Gasteiger partial charge in [-0.05, 0) is 24.6 Å². The van der Waals surface area contributed by atoms with E-state index in [4.69, 9.17) is 9.47 Å². The molecule has 9 heteroatoms. The highest BCUT2D eigenvalue weighted by molar-refractivity contribution is 8.02. The van der Waals surface area contributed by atoms with Gasteiger partial charge in [0.1, 0.15) is 0 Å². The van der Waals surface area contributed by atoms with Crippen LogP contribution < -0.4 is 20.1 Å². The van der Waals surface area contributed by atoms with E-state index in [1.54, 1.807) is 21.3 Å². The van der Waals surface area contributed by atoms with E-state index in [1.807, 2.05) is 25.1 Å². The molecule has 2 aromatic rings. The minimum absolute atomic E-state index is 0.0593. The highest BCUT2D eigenvalue weighted by atomic mass is 32.2. The van der Waals surface area contributed by atoms with Crippen molar-refractivity contribution in [2.75, 3.05) is 26.6 Å². The zero-order valence-corrected chi connectivity index (χ0v) is 15.6. The number of carbonyl (C=O) groups is 1. The SMILES string of the molecule is CNc1nnc(S[C@@H](C)C(=O)NCc2ccc(OC)c(OC)c2)s1. The van der Waals surface area contributed by atoms with Crippen LogP contribution in [-0.4, -0.2) is 42.6 Å². The van der Waals surface area contributed by atoms with Crippen molar-refractivity contribution in [3.8, 4) is 11.5 Å². The molecule has 1 aromatic heterocycles. The van der Waals surface area contributed by atoms with Gasteiger partial charge in [-0.3, -0.25) is 4.79 Å². The Morgan fingerprint density at radius 3 is 2.67 bits per heavy atom. The number of nitrogens with one attached hydrogen (secondary N) is 2. The third-order valence-corrected chi connectivity index (χ3v) is 5.31. The summed E-state index contributed by atoms with van der Waals surface area (Å²) >= 11 is 2.81. The molecule has 7 nitrogen and oxygen atoms in total. The molecular formula is C15H20N4O3S2. The Labute approximate surface area is 149 Å². The van der Waals surface area contributed by atoms with Crippen LogP contribution >= 0.6 is 23.1 Å². The van der Waals surface area contributed by atoms with E-state index in [0.717, 1.165) is 15.0 Å². The highest BCUT2D eigenvalue weighted by Gasteiger charge is 2.17. The second-order valence-electron chi connectivity index (χ2n) is 4.79. The molecule has 24 heavy (non-hydrogen) atoms.